The monoisotopic (exact) mass is 357 g/mol. The molecule has 0 aliphatic heterocycles. The molecule has 0 aromatic heterocycles. The van der Waals surface area contributed by atoms with Gasteiger partial charge in [-0.05, 0) is 47.2 Å². The summed E-state index contributed by atoms with van der Waals surface area (Å²) in [5.41, 5.74) is 0.609. The van der Waals surface area contributed by atoms with Crippen LogP contribution in [0.15, 0.2) is 18.2 Å². The van der Waals surface area contributed by atoms with Gasteiger partial charge in [0.1, 0.15) is 0 Å². The first kappa shape index (κ1) is 13.1. The van der Waals surface area contributed by atoms with E-state index < -0.39 is 0 Å². The number of carbonyl (C=O) groups excluding carboxylic acids is 1. The Morgan fingerprint density at radius 1 is 1.47 bits per heavy atom. The second kappa shape index (κ2) is 6.55. The number of hydrogen-bond donors (Lipinski definition) is 1. The van der Waals surface area contributed by atoms with E-state index in [-0.39, 0.29) is 5.91 Å². The van der Waals surface area contributed by atoms with Crippen LogP contribution in [0.1, 0.15) is 16.8 Å². The maximum Gasteiger partial charge on any atom is 0.252 e. The number of hydrogen-bond acceptors (Lipinski definition) is 1. The van der Waals surface area contributed by atoms with E-state index in [1.54, 1.807) is 12.1 Å². The SMILES string of the molecule is O=C(NCCCCl)c1cc(Cl)ccc1I. The van der Waals surface area contributed by atoms with E-state index in [0.717, 1.165) is 9.99 Å². The molecule has 0 radical (unpaired) electrons. The third-order valence-corrected chi connectivity index (χ3v) is 3.21. The molecule has 0 aliphatic carbocycles. The first-order valence-corrected chi connectivity index (χ1v) is 6.43. The molecule has 0 bridgehead atoms. The molecular weight excluding hydrogens is 348 g/mol. The maximum atomic E-state index is 11.7. The molecule has 0 fully saturated rings. The van der Waals surface area contributed by atoms with Gasteiger partial charge in [0.25, 0.3) is 5.91 Å². The molecule has 1 aromatic rings. The van der Waals surface area contributed by atoms with E-state index in [1.165, 1.54) is 0 Å². The lowest BCUT2D eigenvalue weighted by Crippen LogP contribution is -2.25. The quantitative estimate of drug-likeness (QED) is 0.500. The molecule has 1 N–H and O–H groups in total. The Balaban J connectivity index is 2.68. The van der Waals surface area contributed by atoms with Crippen LogP contribution in [0.5, 0.6) is 0 Å². The Hall–Kier alpha value is -0.000000000000000111. The van der Waals surface area contributed by atoms with Crippen LogP contribution in [-0.4, -0.2) is 18.3 Å². The summed E-state index contributed by atoms with van der Waals surface area (Å²) in [5.74, 6) is 0.444. The Morgan fingerprint density at radius 3 is 2.87 bits per heavy atom. The van der Waals surface area contributed by atoms with Gasteiger partial charge in [-0.15, -0.1) is 11.6 Å². The first-order valence-electron chi connectivity index (χ1n) is 4.44. The Kier molecular flexibility index (Phi) is 5.71. The predicted molar refractivity (Wildman–Crippen MR) is 71.8 cm³/mol. The summed E-state index contributed by atoms with van der Waals surface area (Å²) in [6.07, 6.45) is 0.768. The van der Waals surface area contributed by atoms with Gasteiger partial charge in [-0.2, -0.15) is 0 Å². The molecule has 0 unspecified atom stereocenters. The van der Waals surface area contributed by atoms with Crippen molar-refractivity contribution in [2.75, 3.05) is 12.4 Å². The summed E-state index contributed by atoms with van der Waals surface area (Å²) >= 11 is 13.4. The highest BCUT2D eigenvalue weighted by Gasteiger charge is 2.09. The van der Waals surface area contributed by atoms with Crippen LogP contribution in [0.3, 0.4) is 0 Å². The number of benzene rings is 1. The molecule has 15 heavy (non-hydrogen) atoms. The van der Waals surface area contributed by atoms with Crippen LogP contribution in [0.2, 0.25) is 5.02 Å². The van der Waals surface area contributed by atoms with Crippen LogP contribution in [-0.2, 0) is 0 Å². The van der Waals surface area contributed by atoms with Crippen molar-refractivity contribution in [2.24, 2.45) is 0 Å². The summed E-state index contributed by atoms with van der Waals surface area (Å²) in [5, 5.41) is 3.35. The maximum absolute atomic E-state index is 11.7. The summed E-state index contributed by atoms with van der Waals surface area (Å²) in [6, 6.07) is 5.25. The normalized spacial score (nSPS) is 10.1. The van der Waals surface area contributed by atoms with Crippen LogP contribution >= 0.6 is 45.8 Å². The molecule has 1 aromatic carbocycles. The Labute approximate surface area is 112 Å². The molecule has 0 atom stereocenters. The molecule has 0 spiro atoms. The minimum atomic E-state index is -0.105. The van der Waals surface area contributed by atoms with E-state index >= 15 is 0 Å². The van der Waals surface area contributed by atoms with Gasteiger partial charge in [0, 0.05) is 21.0 Å². The third-order valence-electron chi connectivity index (χ3n) is 1.77. The lowest BCUT2D eigenvalue weighted by atomic mass is 10.2. The summed E-state index contributed by atoms with van der Waals surface area (Å²) in [7, 11) is 0. The number of rotatable bonds is 4. The van der Waals surface area contributed by atoms with Crippen LogP contribution in [0.25, 0.3) is 0 Å². The van der Waals surface area contributed by atoms with Crippen molar-refractivity contribution in [1.82, 2.24) is 5.32 Å². The highest BCUT2D eigenvalue weighted by atomic mass is 127. The zero-order valence-corrected chi connectivity index (χ0v) is 11.6. The second-order valence-corrected chi connectivity index (χ2v) is 4.90. The smallest absolute Gasteiger partial charge is 0.252 e. The fourth-order valence-electron chi connectivity index (χ4n) is 1.04. The highest BCUT2D eigenvalue weighted by Crippen LogP contribution is 2.17. The fraction of sp³-hybridized carbons (Fsp3) is 0.300. The number of alkyl halides is 1. The molecule has 5 heteroatoms. The molecule has 0 aliphatic rings. The zero-order chi connectivity index (χ0) is 11.3. The topological polar surface area (TPSA) is 29.1 Å². The molecule has 0 heterocycles. The highest BCUT2D eigenvalue weighted by molar-refractivity contribution is 14.1. The Bertz CT molecular complexity index is 357. The van der Waals surface area contributed by atoms with Gasteiger partial charge in [-0.3, -0.25) is 4.79 Å². The van der Waals surface area contributed by atoms with E-state index in [1.807, 2.05) is 6.07 Å². The summed E-state index contributed by atoms with van der Waals surface area (Å²) in [6.45, 7) is 0.588. The van der Waals surface area contributed by atoms with Gasteiger partial charge in [-0.1, -0.05) is 11.6 Å². The zero-order valence-electron chi connectivity index (χ0n) is 7.90. The van der Waals surface area contributed by atoms with Crippen LogP contribution in [0.4, 0.5) is 0 Å². The molecule has 1 rings (SSSR count). The van der Waals surface area contributed by atoms with Gasteiger partial charge < -0.3 is 5.32 Å². The van der Waals surface area contributed by atoms with Gasteiger partial charge in [0.2, 0.25) is 0 Å². The number of nitrogens with one attached hydrogen (secondary N) is 1. The van der Waals surface area contributed by atoms with Crippen LogP contribution in [0, 0.1) is 3.57 Å². The summed E-state index contributed by atoms with van der Waals surface area (Å²) in [4.78, 5) is 11.7. The average Bonchev–Trinajstić information content (AvgIpc) is 2.22. The molecule has 1 amide bonds. The standard InChI is InChI=1S/C10H10Cl2INO/c11-4-1-5-14-10(15)8-6-7(12)2-3-9(8)13/h2-3,6H,1,4-5H2,(H,14,15). The van der Waals surface area contributed by atoms with Crippen molar-refractivity contribution in [3.63, 3.8) is 0 Å². The number of amides is 1. The molecular formula is C10H10Cl2INO. The van der Waals surface area contributed by atoms with Gasteiger partial charge in [-0.25, -0.2) is 0 Å². The first-order chi connectivity index (χ1) is 7.15. The van der Waals surface area contributed by atoms with Crippen LogP contribution < -0.4 is 5.32 Å². The molecule has 82 valence electrons. The minimum Gasteiger partial charge on any atom is -0.352 e. The van der Waals surface area contributed by atoms with Gasteiger partial charge in [0.15, 0.2) is 0 Å². The minimum absolute atomic E-state index is 0.105. The fourth-order valence-corrected chi connectivity index (χ4v) is 1.92. The van der Waals surface area contributed by atoms with Crippen molar-refractivity contribution in [3.05, 3.63) is 32.4 Å². The van der Waals surface area contributed by atoms with Crippen molar-refractivity contribution in [2.45, 2.75) is 6.42 Å². The largest absolute Gasteiger partial charge is 0.352 e. The van der Waals surface area contributed by atoms with E-state index in [0.29, 0.717) is 23.0 Å². The Morgan fingerprint density at radius 2 is 2.20 bits per heavy atom. The van der Waals surface area contributed by atoms with E-state index in [9.17, 15) is 4.79 Å². The van der Waals surface area contributed by atoms with Gasteiger partial charge in [0.05, 0.1) is 5.56 Å². The summed E-state index contributed by atoms with van der Waals surface area (Å²) < 4.78 is 0.889. The second-order valence-electron chi connectivity index (χ2n) is 2.92. The molecule has 0 saturated carbocycles. The number of halogens is 3. The van der Waals surface area contributed by atoms with Gasteiger partial charge >= 0.3 is 0 Å². The third kappa shape index (κ3) is 4.17. The molecule has 2 nitrogen and oxygen atoms in total. The van der Waals surface area contributed by atoms with Crippen molar-refractivity contribution in [1.29, 1.82) is 0 Å². The van der Waals surface area contributed by atoms with Crippen molar-refractivity contribution in [3.8, 4) is 0 Å². The molecule has 0 saturated heterocycles. The predicted octanol–water partition coefficient (Wildman–Crippen LogP) is 3.30. The average molecular weight is 358 g/mol. The van der Waals surface area contributed by atoms with Crippen molar-refractivity contribution >= 4 is 51.7 Å². The lowest BCUT2D eigenvalue weighted by molar-refractivity contribution is 0.0953. The van der Waals surface area contributed by atoms with E-state index in [2.05, 4.69) is 27.9 Å². The van der Waals surface area contributed by atoms with E-state index in [4.69, 9.17) is 23.2 Å². The number of carbonyl (C=O) groups is 1. The lowest BCUT2D eigenvalue weighted by Gasteiger charge is -2.06. The van der Waals surface area contributed by atoms with Crippen molar-refractivity contribution < 1.29 is 4.79 Å².